The van der Waals surface area contributed by atoms with Crippen molar-refractivity contribution in [2.45, 2.75) is 0 Å². The molecule has 0 radical (unpaired) electrons. The number of fused-ring (bicyclic) bond motifs is 36. The van der Waals surface area contributed by atoms with Crippen LogP contribution in [0.4, 0.5) is 34.1 Å². The van der Waals surface area contributed by atoms with E-state index in [-0.39, 0.29) is 0 Å². The molecule has 694 valence electrons. The van der Waals surface area contributed by atoms with Crippen LogP contribution in [0.1, 0.15) is 0 Å². The summed E-state index contributed by atoms with van der Waals surface area (Å²) < 4.78 is 50.6. The van der Waals surface area contributed by atoms with Crippen molar-refractivity contribution in [3.8, 4) is 44.5 Å². The first-order valence-corrected chi connectivity index (χ1v) is 52.1. The summed E-state index contributed by atoms with van der Waals surface area (Å²) >= 11 is 5.53. The number of furan rings is 7. The molecule has 0 atom stereocenters. The van der Waals surface area contributed by atoms with Crippen molar-refractivity contribution < 1.29 is 30.9 Å². The van der Waals surface area contributed by atoms with Crippen LogP contribution >= 0.6 is 34.0 Å². The van der Waals surface area contributed by atoms with Gasteiger partial charge in [0.2, 0.25) is 0 Å². The van der Waals surface area contributed by atoms with Crippen molar-refractivity contribution in [3.05, 3.63) is 485 Å². The van der Waals surface area contributed by atoms with Gasteiger partial charge in [0.25, 0.3) is 0 Å². The second kappa shape index (κ2) is 34.5. The Bertz CT molecular complexity index is 10700. The van der Waals surface area contributed by atoms with Crippen LogP contribution in [-0.2, 0) is 0 Å². The summed E-state index contributed by atoms with van der Waals surface area (Å²) in [6.07, 6.45) is 5.33. The number of para-hydroxylation sites is 7. The van der Waals surface area contributed by atoms with E-state index in [4.69, 9.17) is 30.9 Å². The number of rotatable bonds is 10. The molecule has 33 aromatic rings. The van der Waals surface area contributed by atoms with Gasteiger partial charge in [-0.1, -0.05) is 279 Å². The van der Waals surface area contributed by atoms with Crippen LogP contribution in [0.5, 0.6) is 0 Å². The van der Waals surface area contributed by atoms with Gasteiger partial charge in [-0.3, -0.25) is 0 Å². The van der Waals surface area contributed by atoms with Crippen LogP contribution < -0.4 is 9.80 Å². The fourth-order valence-corrected chi connectivity index (χ4v) is 26.3. The third-order valence-corrected chi connectivity index (χ3v) is 32.9. The summed E-state index contributed by atoms with van der Waals surface area (Å²) in [5.74, 6) is 0. The second-order valence-corrected chi connectivity index (χ2v) is 40.8. The molecular weight excluding hydrogens is 1870 g/mol. The first-order chi connectivity index (χ1) is 73.4. The zero-order valence-electron chi connectivity index (χ0n) is 79.2. The Kier molecular flexibility index (Phi) is 19.8. The Hall–Kier alpha value is -18.8. The lowest BCUT2D eigenvalue weighted by Crippen LogP contribution is -2.09. The van der Waals surface area contributed by atoms with Crippen LogP contribution in [0.25, 0.3) is 269 Å². The van der Waals surface area contributed by atoms with Gasteiger partial charge in [-0.2, -0.15) is 0 Å². The van der Waals surface area contributed by atoms with E-state index in [2.05, 4.69) is 409 Å². The summed E-state index contributed by atoms with van der Waals surface area (Å²) in [6.45, 7) is 0. The predicted molar refractivity (Wildman–Crippen MR) is 624 cm³/mol. The summed E-state index contributed by atoms with van der Waals surface area (Å²) in [4.78, 5) is 4.55. The zero-order valence-corrected chi connectivity index (χ0v) is 81.6. The molecule has 23 aromatic carbocycles. The van der Waals surface area contributed by atoms with Crippen molar-refractivity contribution in [2.24, 2.45) is 0 Å². The Morgan fingerprint density at radius 1 is 0.169 bits per heavy atom. The van der Waals surface area contributed by atoms with Crippen LogP contribution in [0, 0.1) is 0 Å². The summed E-state index contributed by atoms with van der Waals surface area (Å²) in [5, 5.41) is 32.8. The third kappa shape index (κ3) is 13.8. The highest BCUT2D eigenvalue weighted by molar-refractivity contribution is 7.27. The third-order valence-electron chi connectivity index (χ3n) is 29.6. The molecule has 0 bridgehead atoms. The fraction of sp³-hybridized carbons (Fsp3) is 0. The molecule has 0 aliphatic carbocycles. The molecule has 0 unspecified atom stereocenters. The topological polar surface area (TPSA) is 98.5 Å². The highest BCUT2D eigenvalue weighted by Crippen LogP contribution is 2.53. The standard InChI is InChI=1S/C38H20O2S.2C36H23NO2.C26H14OS2/c1-2-8-23-21(7-1)14-18-31-35(23)28-17-16-26-29(22-13-15-25-24-9-4-6-12-33(24)41-34(25)19-22)20-32-36(37(26)38(28)40-31)27-10-3-5-11-30(27)39-32;1-3-9-26(10-4-1)37(27-11-5-2-6-12-27)28-17-15-24(16-18-28)32-23-25-21-22-38-35(25)34-30(32)19-20-31-29-13-7-8-14-33(29)39-36(31)34;1-3-9-25(10-4-1)37(26-11-5-2-6-12-26)27-17-15-24(16-18-27)32-23-34-31(21-22-38-34)35-29(32)19-20-30-28-13-7-8-14-33(28)39-36(30)35;1-3-7-23-16(6-1)21(14-28-23)20-13-22-19(11-12-27-22)25-17(20)9-10-18-15-5-2-4-8-24(15)29-26(18)25/h1-20H;2*1-23H;1-14H. The lowest BCUT2D eigenvalue weighted by molar-refractivity contribution is 0.616. The number of hydrogen-bond donors (Lipinski definition) is 0. The van der Waals surface area contributed by atoms with Crippen LogP contribution in [-0.4, -0.2) is 0 Å². The van der Waals surface area contributed by atoms with Crippen molar-refractivity contribution in [3.63, 3.8) is 0 Å². The van der Waals surface area contributed by atoms with Gasteiger partial charge in [-0.15, -0.1) is 34.0 Å². The molecule has 12 heteroatoms. The SMILES string of the molecule is c1ccc(N(c2ccccc2)c2ccc(-c3cc4ccoc4c4c3ccc3c5ccccc5oc34)cc2)cc1.c1ccc(N(c2ccccc2)c2ccc(-c3cc4occc4c4c3ccc3c5ccccc5oc34)cc2)cc1.c1ccc2c(-c3cc4occc4c4c3ccc3c5ccccc5sc34)csc2c1.c1ccc2c(c1)ccc1oc3c(ccc4c(-c5ccc6c(c5)sc5ccccc56)cc5oc6ccccc6c5c43)c12. The normalized spacial score (nSPS) is 11.9. The lowest BCUT2D eigenvalue weighted by atomic mass is 9.92. The average molecular weight is 1950 g/mol. The molecule has 0 saturated carbocycles. The van der Waals surface area contributed by atoms with Gasteiger partial charge < -0.3 is 40.7 Å². The van der Waals surface area contributed by atoms with Crippen molar-refractivity contribution in [1.29, 1.82) is 0 Å². The maximum Gasteiger partial charge on any atom is 0.147 e. The van der Waals surface area contributed by atoms with Crippen LogP contribution in [0.15, 0.2) is 516 Å². The van der Waals surface area contributed by atoms with E-state index >= 15 is 0 Å². The second-order valence-electron chi connectivity index (χ2n) is 37.7. The van der Waals surface area contributed by atoms with Gasteiger partial charge in [-0.25, -0.2) is 0 Å². The smallest absolute Gasteiger partial charge is 0.147 e. The molecule has 0 spiro atoms. The van der Waals surface area contributed by atoms with Gasteiger partial charge in [0.15, 0.2) is 0 Å². The van der Waals surface area contributed by atoms with E-state index in [0.29, 0.717) is 0 Å². The van der Waals surface area contributed by atoms with E-state index in [1.807, 2.05) is 95.7 Å². The molecular formula is C136H80N2O7S3. The first-order valence-electron chi connectivity index (χ1n) is 49.6. The molecule has 0 N–H and O–H groups in total. The highest BCUT2D eigenvalue weighted by atomic mass is 32.1. The molecule has 10 heterocycles. The number of benzene rings is 23. The summed E-state index contributed by atoms with van der Waals surface area (Å²) in [6, 6.07) is 163. The van der Waals surface area contributed by atoms with Crippen molar-refractivity contribution in [1.82, 2.24) is 0 Å². The molecule has 0 aliphatic rings. The Labute approximate surface area is 856 Å². The Balaban J connectivity index is 0.0000000917. The minimum Gasteiger partial charge on any atom is -0.464 e. The van der Waals surface area contributed by atoms with Gasteiger partial charge in [0, 0.05) is 166 Å². The predicted octanol–water partition coefficient (Wildman–Crippen LogP) is 41.9. The lowest BCUT2D eigenvalue weighted by Gasteiger charge is -2.25. The minimum absolute atomic E-state index is 0.852. The summed E-state index contributed by atoms with van der Waals surface area (Å²) in [7, 11) is 0. The maximum absolute atomic E-state index is 6.76. The van der Waals surface area contributed by atoms with Crippen molar-refractivity contribution >= 4 is 293 Å². The molecule has 0 fully saturated rings. The van der Waals surface area contributed by atoms with Crippen LogP contribution in [0.3, 0.4) is 0 Å². The monoisotopic (exact) mass is 1950 g/mol. The first kappa shape index (κ1) is 84.8. The van der Waals surface area contributed by atoms with Crippen LogP contribution in [0.2, 0.25) is 0 Å². The van der Waals surface area contributed by atoms with Gasteiger partial charge in [0.05, 0.1) is 24.2 Å². The number of thiophene rings is 3. The fourth-order valence-electron chi connectivity index (χ4n) is 22.9. The maximum atomic E-state index is 6.76. The average Bonchev–Trinajstić information content (AvgIpc) is 1.55. The van der Waals surface area contributed by atoms with Gasteiger partial charge in [-0.05, 0) is 259 Å². The molecule has 0 amide bonds. The van der Waals surface area contributed by atoms with Gasteiger partial charge >= 0.3 is 0 Å². The number of anilines is 6. The van der Waals surface area contributed by atoms with Crippen molar-refractivity contribution in [2.75, 3.05) is 9.80 Å². The molecule has 0 aliphatic heterocycles. The van der Waals surface area contributed by atoms with E-state index in [1.165, 1.54) is 99.4 Å². The molecule has 9 nitrogen and oxygen atoms in total. The largest absolute Gasteiger partial charge is 0.464 e. The van der Waals surface area contributed by atoms with E-state index in [1.54, 1.807) is 23.9 Å². The molecule has 0 saturated heterocycles. The van der Waals surface area contributed by atoms with E-state index in [0.717, 1.165) is 204 Å². The number of hydrogen-bond acceptors (Lipinski definition) is 12. The molecule has 148 heavy (non-hydrogen) atoms. The highest BCUT2D eigenvalue weighted by Gasteiger charge is 2.27. The van der Waals surface area contributed by atoms with Gasteiger partial charge in [0.1, 0.15) is 61.4 Å². The van der Waals surface area contributed by atoms with E-state index < -0.39 is 0 Å². The Morgan fingerprint density at radius 3 is 1.20 bits per heavy atom. The quantitative estimate of drug-likeness (QED) is 0.133. The zero-order chi connectivity index (χ0) is 97.1. The number of nitrogens with zero attached hydrogens (tertiary/aromatic N) is 2. The summed E-state index contributed by atoms with van der Waals surface area (Å²) in [5.41, 5.74) is 25.9. The molecule has 10 aromatic heterocycles. The Morgan fingerprint density at radius 2 is 0.574 bits per heavy atom. The minimum atomic E-state index is 0.852. The molecule has 33 rings (SSSR count). The van der Waals surface area contributed by atoms with E-state index in [9.17, 15) is 0 Å².